The van der Waals surface area contributed by atoms with Gasteiger partial charge in [-0.2, -0.15) is 0 Å². The standard InChI is InChI=1S/C24H33N3O3/c1-19(24(28)25(2)17-20-8-6-5-7-9-20)27-14-12-26(13-15-27)18-21-10-11-22(29-3)23(16-21)30-4/h5-11,16,19H,12-15,17-18H2,1-4H3/t19-/m0/s1. The van der Waals surface area contributed by atoms with Gasteiger partial charge in [-0.3, -0.25) is 14.6 Å². The highest BCUT2D eigenvalue weighted by Crippen LogP contribution is 2.28. The second-order valence-corrected chi connectivity index (χ2v) is 7.86. The van der Waals surface area contributed by atoms with Crippen molar-refractivity contribution in [2.45, 2.75) is 26.1 Å². The Hall–Kier alpha value is -2.57. The lowest BCUT2D eigenvalue weighted by atomic mass is 10.1. The average molecular weight is 412 g/mol. The molecule has 0 aliphatic carbocycles. The third-order valence-electron chi connectivity index (χ3n) is 5.80. The molecule has 0 spiro atoms. The van der Waals surface area contributed by atoms with Crippen LogP contribution in [0.3, 0.4) is 0 Å². The van der Waals surface area contributed by atoms with E-state index in [0.717, 1.165) is 49.8 Å². The molecule has 1 fully saturated rings. The monoisotopic (exact) mass is 411 g/mol. The molecule has 6 heteroatoms. The van der Waals surface area contributed by atoms with Gasteiger partial charge < -0.3 is 14.4 Å². The Morgan fingerprint density at radius 2 is 1.63 bits per heavy atom. The highest BCUT2D eigenvalue weighted by atomic mass is 16.5. The van der Waals surface area contributed by atoms with Crippen molar-refractivity contribution in [1.29, 1.82) is 0 Å². The van der Waals surface area contributed by atoms with Gasteiger partial charge in [0.2, 0.25) is 5.91 Å². The summed E-state index contributed by atoms with van der Waals surface area (Å²) < 4.78 is 10.7. The number of carbonyl (C=O) groups excluding carboxylic acids is 1. The summed E-state index contributed by atoms with van der Waals surface area (Å²) in [6.07, 6.45) is 0. The molecule has 1 amide bonds. The van der Waals surface area contributed by atoms with E-state index in [4.69, 9.17) is 9.47 Å². The molecule has 162 valence electrons. The van der Waals surface area contributed by atoms with Gasteiger partial charge in [0.05, 0.1) is 20.3 Å². The van der Waals surface area contributed by atoms with E-state index in [1.807, 2.05) is 49.2 Å². The molecular formula is C24H33N3O3. The van der Waals surface area contributed by atoms with E-state index in [-0.39, 0.29) is 11.9 Å². The maximum Gasteiger partial charge on any atom is 0.239 e. The molecule has 0 N–H and O–H groups in total. The van der Waals surface area contributed by atoms with E-state index in [0.29, 0.717) is 6.54 Å². The first-order valence-electron chi connectivity index (χ1n) is 10.5. The minimum Gasteiger partial charge on any atom is -0.493 e. The summed E-state index contributed by atoms with van der Waals surface area (Å²) >= 11 is 0. The van der Waals surface area contributed by atoms with Gasteiger partial charge in [0.25, 0.3) is 0 Å². The summed E-state index contributed by atoms with van der Waals surface area (Å²) in [6, 6.07) is 16.1. The molecule has 1 saturated heterocycles. The third-order valence-corrected chi connectivity index (χ3v) is 5.80. The van der Waals surface area contributed by atoms with Gasteiger partial charge in [0, 0.05) is 46.3 Å². The van der Waals surface area contributed by atoms with Crippen molar-refractivity contribution < 1.29 is 14.3 Å². The van der Waals surface area contributed by atoms with Crippen LogP contribution in [0.25, 0.3) is 0 Å². The van der Waals surface area contributed by atoms with E-state index >= 15 is 0 Å². The number of likely N-dealkylation sites (N-methyl/N-ethyl adjacent to an activating group) is 1. The van der Waals surface area contributed by atoms with E-state index in [9.17, 15) is 4.79 Å². The number of carbonyl (C=O) groups is 1. The molecule has 1 atom stereocenters. The number of nitrogens with zero attached hydrogens (tertiary/aromatic N) is 3. The molecule has 1 aliphatic heterocycles. The lowest BCUT2D eigenvalue weighted by Gasteiger charge is -2.38. The topological polar surface area (TPSA) is 45.2 Å². The van der Waals surface area contributed by atoms with Crippen molar-refractivity contribution in [3.8, 4) is 11.5 Å². The van der Waals surface area contributed by atoms with Crippen molar-refractivity contribution >= 4 is 5.91 Å². The first-order valence-corrected chi connectivity index (χ1v) is 10.5. The van der Waals surface area contributed by atoms with Gasteiger partial charge in [0.1, 0.15) is 0 Å². The molecule has 1 aliphatic rings. The van der Waals surface area contributed by atoms with Crippen LogP contribution >= 0.6 is 0 Å². The Labute approximate surface area is 180 Å². The Morgan fingerprint density at radius 3 is 2.27 bits per heavy atom. The maximum atomic E-state index is 12.9. The van der Waals surface area contributed by atoms with Crippen LogP contribution in [0.1, 0.15) is 18.1 Å². The lowest BCUT2D eigenvalue weighted by Crippen LogP contribution is -2.53. The number of hydrogen-bond acceptors (Lipinski definition) is 5. The fourth-order valence-corrected chi connectivity index (χ4v) is 3.96. The molecule has 0 bridgehead atoms. The number of amides is 1. The first kappa shape index (κ1) is 22.1. The molecule has 1 heterocycles. The van der Waals surface area contributed by atoms with E-state index in [1.165, 1.54) is 5.56 Å². The van der Waals surface area contributed by atoms with E-state index in [2.05, 4.69) is 28.0 Å². The second-order valence-electron chi connectivity index (χ2n) is 7.86. The number of benzene rings is 2. The predicted molar refractivity (Wildman–Crippen MR) is 119 cm³/mol. The zero-order chi connectivity index (χ0) is 21.5. The van der Waals surface area contributed by atoms with Crippen LogP contribution in [0.2, 0.25) is 0 Å². The number of piperazine rings is 1. The fraction of sp³-hybridized carbons (Fsp3) is 0.458. The molecule has 30 heavy (non-hydrogen) atoms. The van der Waals surface area contributed by atoms with Crippen LogP contribution in [-0.2, 0) is 17.9 Å². The molecule has 6 nitrogen and oxygen atoms in total. The quantitative estimate of drug-likeness (QED) is 0.668. The van der Waals surface area contributed by atoms with Gasteiger partial charge in [-0.05, 0) is 30.2 Å². The van der Waals surface area contributed by atoms with Gasteiger partial charge in [0.15, 0.2) is 11.5 Å². The summed E-state index contributed by atoms with van der Waals surface area (Å²) in [5, 5.41) is 0. The van der Waals surface area contributed by atoms with Crippen LogP contribution in [0, 0.1) is 0 Å². The van der Waals surface area contributed by atoms with Crippen molar-refractivity contribution in [1.82, 2.24) is 14.7 Å². The van der Waals surface area contributed by atoms with Crippen LogP contribution < -0.4 is 9.47 Å². The number of methoxy groups -OCH3 is 2. The lowest BCUT2D eigenvalue weighted by molar-refractivity contribution is -0.136. The molecule has 2 aromatic rings. The Kier molecular flexibility index (Phi) is 7.71. The molecule has 0 radical (unpaired) electrons. The number of hydrogen-bond donors (Lipinski definition) is 0. The first-order chi connectivity index (χ1) is 14.5. The van der Waals surface area contributed by atoms with Crippen molar-refractivity contribution in [2.75, 3.05) is 47.4 Å². The van der Waals surface area contributed by atoms with E-state index in [1.54, 1.807) is 14.2 Å². The van der Waals surface area contributed by atoms with Crippen molar-refractivity contribution in [2.24, 2.45) is 0 Å². The molecule has 0 aromatic heterocycles. The minimum atomic E-state index is -0.109. The normalized spacial score (nSPS) is 16.1. The van der Waals surface area contributed by atoms with Gasteiger partial charge in [-0.25, -0.2) is 0 Å². The van der Waals surface area contributed by atoms with Crippen LogP contribution in [0.4, 0.5) is 0 Å². The summed E-state index contributed by atoms with van der Waals surface area (Å²) in [5.74, 6) is 1.68. The highest BCUT2D eigenvalue weighted by Gasteiger charge is 2.27. The predicted octanol–water partition coefficient (Wildman–Crippen LogP) is 2.87. The fourth-order valence-electron chi connectivity index (χ4n) is 3.96. The smallest absolute Gasteiger partial charge is 0.239 e. The van der Waals surface area contributed by atoms with Gasteiger partial charge in [-0.15, -0.1) is 0 Å². The summed E-state index contributed by atoms with van der Waals surface area (Å²) in [7, 11) is 5.20. The molecular weight excluding hydrogens is 378 g/mol. The SMILES string of the molecule is COc1ccc(CN2CCN([C@@H](C)C(=O)N(C)Cc3ccccc3)CC2)cc1OC. The highest BCUT2D eigenvalue weighted by molar-refractivity contribution is 5.81. The van der Waals surface area contributed by atoms with Crippen molar-refractivity contribution in [3.05, 3.63) is 59.7 Å². The van der Waals surface area contributed by atoms with Gasteiger partial charge >= 0.3 is 0 Å². The largest absolute Gasteiger partial charge is 0.493 e. The number of rotatable bonds is 8. The van der Waals surface area contributed by atoms with Crippen LogP contribution in [0.15, 0.2) is 48.5 Å². The van der Waals surface area contributed by atoms with Crippen LogP contribution in [0.5, 0.6) is 11.5 Å². The van der Waals surface area contributed by atoms with Crippen LogP contribution in [-0.4, -0.2) is 74.1 Å². The number of ether oxygens (including phenoxy) is 2. The molecule has 0 unspecified atom stereocenters. The molecule has 3 rings (SSSR count). The molecule has 0 saturated carbocycles. The Balaban J connectivity index is 1.50. The summed E-state index contributed by atoms with van der Waals surface area (Å²) in [6.45, 7) is 7.18. The Morgan fingerprint density at radius 1 is 0.967 bits per heavy atom. The minimum absolute atomic E-state index is 0.109. The average Bonchev–Trinajstić information content (AvgIpc) is 2.79. The summed E-state index contributed by atoms with van der Waals surface area (Å²) in [5.41, 5.74) is 2.35. The third kappa shape index (κ3) is 5.52. The van der Waals surface area contributed by atoms with Crippen molar-refractivity contribution in [3.63, 3.8) is 0 Å². The van der Waals surface area contributed by atoms with Gasteiger partial charge in [-0.1, -0.05) is 36.4 Å². The second kappa shape index (κ2) is 10.5. The summed E-state index contributed by atoms with van der Waals surface area (Å²) in [4.78, 5) is 19.4. The van der Waals surface area contributed by atoms with E-state index < -0.39 is 0 Å². The molecule has 2 aromatic carbocycles. The zero-order valence-electron chi connectivity index (χ0n) is 18.5. The zero-order valence-corrected chi connectivity index (χ0v) is 18.5. The maximum absolute atomic E-state index is 12.9. The Bertz CT molecular complexity index is 820.